The van der Waals surface area contributed by atoms with Crippen molar-refractivity contribution in [3.05, 3.63) is 16.5 Å². The maximum atomic E-state index is 4.36. The van der Waals surface area contributed by atoms with Crippen LogP contribution in [0.2, 0.25) is 0 Å². The zero-order valence-electron chi connectivity index (χ0n) is 8.17. The number of halogens is 2. The Labute approximate surface area is 93.3 Å². The highest BCUT2D eigenvalue weighted by Gasteiger charge is 2.18. The summed E-state index contributed by atoms with van der Waals surface area (Å²) in [6, 6.07) is 0. The molecule has 0 bridgehead atoms. The molecule has 0 saturated heterocycles. The van der Waals surface area contributed by atoms with Crippen LogP contribution in [-0.4, -0.2) is 31.1 Å². The molecule has 1 rings (SSSR count). The summed E-state index contributed by atoms with van der Waals surface area (Å²) >= 11 is 3.43. The zero-order chi connectivity index (χ0) is 9.35. The molecular weight excluding hydrogens is 253 g/mol. The molecule has 0 saturated carbocycles. The number of hydrogen-bond donors (Lipinski definition) is 0. The first kappa shape index (κ1) is 12.8. The van der Waals surface area contributed by atoms with Gasteiger partial charge < -0.3 is 12.4 Å². The van der Waals surface area contributed by atoms with E-state index < -0.39 is 0 Å². The first-order valence-corrected chi connectivity index (χ1v) is 4.51. The van der Waals surface area contributed by atoms with Crippen LogP contribution < -0.4 is 16.9 Å². The third-order valence-electron chi connectivity index (χ3n) is 1.48. The standard InChI is InChI=1S/C8H13BrN3.ClH/c1-6-10-5-7(9)8(11-6)12(2,3)4;/h5H,1-4H3;1H/q+1;/p-1. The first-order valence-electron chi connectivity index (χ1n) is 3.72. The van der Waals surface area contributed by atoms with Gasteiger partial charge in [0.15, 0.2) is 0 Å². The lowest BCUT2D eigenvalue weighted by Gasteiger charge is -2.22. The SMILES string of the molecule is Cc1ncc(Br)c([N+](C)(C)C)n1.[Cl-]. The van der Waals surface area contributed by atoms with Crippen LogP contribution in [0.3, 0.4) is 0 Å². The van der Waals surface area contributed by atoms with Crippen LogP contribution in [0.5, 0.6) is 0 Å². The molecule has 0 aliphatic carbocycles. The molecule has 1 aromatic rings. The number of aromatic nitrogens is 2. The number of aryl methyl sites for hydroxylation is 1. The topological polar surface area (TPSA) is 25.8 Å². The molecule has 0 unspecified atom stereocenters. The van der Waals surface area contributed by atoms with Gasteiger partial charge in [0, 0.05) is 0 Å². The van der Waals surface area contributed by atoms with E-state index in [-0.39, 0.29) is 12.4 Å². The van der Waals surface area contributed by atoms with Crippen molar-refractivity contribution in [1.29, 1.82) is 0 Å². The Hall–Kier alpha value is -0.190. The van der Waals surface area contributed by atoms with E-state index in [2.05, 4.69) is 47.0 Å². The normalized spacial score (nSPS) is 10.8. The third kappa shape index (κ3) is 3.21. The van der Waals surface area contributed by atoms with E-state index in [0.717, 1.165) is 16.1 Å². The average Bonchev–Trinajstić information content (AvgIpc) is 1.92. The lowest BCUT2D eigenvalue weighted by Crippen LogP contribution is -3.00. The molecule has 5 heteroatoms. The molecule has 0 aliphatic rings. The number of hydrogen-bond acceptors (Lipinski definition) is 2. The molecule has 0 N–H and O–H groups in total. The van der Waals surface area contributed by atoms with Crippen LogP contribution in [0.1, 0.15) is 5.82 Å². The number of rotatable bonds is 1. The van der Waals surface area contributed by atoms with Gasteiger partial charge in [-0.2, -0.15) is 4.98 Å². The molecule has 0 spiro atoms. The molecule has 0 amide bonds. The van der Waals surface area contributed by atoms with Gasteiger partial charge in [0.2, 0.25) is 5.82 Å². The lowest BCUT2D eigenvalue weighted by atomic mass is 10.4. The molecule has 0 radical (unpaired) electrons. The Balaban J connectivity index is 0.00000144. The van der Waals surface area contributed by atoms with E-state index >= 15 is 0 Å². The third-order valence-corrected chi connectivity index (χ3v) is 2.04. The number of quaternary nitrogens is 1. The van der Waals surface area contributed by atoms with Crippen LogP contribution in [0.4, 0.5) is 5.82 Å². The van der Waals surface area contributed by atoms with Gasteiger partial charge in [-0.05, 0) is 22.9 Å². The molecule has 0 aliphatic heterocycles. The smallest absolute Gasteiger partial charge is 0.244 e. The summed E-state index contributed by atoms with van der Waals surface area (Å²) in [5, 5.41) is 0. The fraction of sp³-hybridized carbons (Fsp3) is 0.500. The summed E-state index contributed by atoms with van der Waals surface area (Å²) in [7, 11) is 6.23. The minimum Gasteiger partial charge on any atom is -1.00 e. The van der Waals surface area contributed by atoms with Gasteiger partial charge in [0.25, 0.3) is 0 Å². The van der Waals surface area contributed by atoms with E-state index in [0.29, 0.717) is 4.48 Å². The van der Waals surface area contributed by atoms with Crippen LogP contribution in [0, 0.1) is 6.92 Å². The summed E-state index contributed by atoms with van der Waals surface area (Å²) in [6.07, 6.45) is 1.79. The van der Waals surface area contributed by atoms with Crippen LogP contribution in [-0.2, 0) is 0 Å². The molecular formula is C8H13BrClN3. The monoisotopic (exact) mass is 265 g/mol. The van der Waals surface area contributed by atoms with E-state index in [1.54, 1.807) is 6.20 Å². The summed E-state index contributed by atoms with van der Waals surface area (Å²) in [5.74, 6) is 1.81. The Kier molecular flexibility index (Phi) is 4.29. The van der Waals surface area contributed by atoms with Gasteiger partial charge in [-0.1, -0.05) is 0 Å². The second kappa shape index (κ2) is 4.35. The molecule has 3 nitrogen and oxygen atoms in total. The van der Waals surface area contributed by atoms with Gasteiger partial charge >= 0.3 is 0 Å². The highest BCUT2D eigenvalue weighted by molar-refractivity contribution is 9.10. The Morgan fingerprint density at radius 2 is 1.85 bits per heavy atom. The summed E-state index contributed by atoms with van der Waals surface area (Å²) in [6.45, 7) is 1.89. The Morgan fingerprint density at radius 3 is 2.23 bits per heavy atom. The Morgan fingerprint density at radius 1 is 1.31 bits per heavy atom. The van der Waals surface area contributed by atoms with Crippen molar-refractivity contribution in [3.63, 3.8) is 0 Å². The maximum absolute atomic E-state index is 4.36. The first-order chi connectivity index (χ1) is 5.41. The van der Waals surface area contributed by atoms with E-state index in [9.17, 15) is 0 Å². The van der Waals surface area contributed by atoms with E-state index in [4.69, 9.17) is 0 Å². The van der Waals surface area contributed by atoms with Crippen molar-refractivity contribution in [2.24, 2.45) is 0 Å². The zero-order valence-corrected chi connectivity index (χ0v) is 10.5. The van der Waals surface area contributed by atoms with Crippen molar-refractivity contribution in [2.75, 3.05) is 21.1 Å². The predicted molar refractivity (Wildman–Crippen MR) is 54.0 cm³/mol. The van der Waals surface area contributed by atoms with Gasteiger partial charge in [0.1, 0.15) is 10.3 Å². The minimum atomic E-state index is 0. The largest absolute Gasteiger partial charge is 1.00 e. The molecule has 74 valence electrons. The molecule has 0 aromatic carbocycles. The summed E-state index contributed by atoms with van der Waals surface area (Å²) in [5.41, 5.74) is 0. The van der Waals surface area contributed by atoms with Crippen molar-refractivity contribution in [3.8, 4) is 0 Å². The quantitative estimate of drug-likeness (QED) is 0.594. The minimum absolute atomic E-state index is 0. The molecule has 0 fully saturated rings. The van der Waals surface area contributed by atoms with Gasteiger partial charge in [-0.3, -0.25) is 4.48 Å². The van der Waals surface area contributed by atoms with Gasteiger partial charge in [-0.15, -0.1) is 0 Å². The lowest BCUT2D eigenvalue weighted by molar-refractivity contribution is -0.00000293. The van der Waals surface area contributed by atoms with E-state index in [1.165, 1.54) is 0 Å². The molecule has 13 heavy (non-hydrogen) atoms. The summed E-state index contributed by atoms with van der Waals surface area (Å²) < 4.78 is 1.66. The van der Waals surface area contributed by atoms with Crippen LogP contribution in [0.15, 0.2) is 10.7 Å². The Bertz CT molecular complexity index is 296. The molecule has 1 heterocycles. The highest BCUT2D eigenvalue weighted by atomic mass is 79.9. The van der Waals surface area contributed by atoms with E-state index in [1.807, 2.05) is 6.92 Å². The van der Waals surface area contributed by atoms with Crippen LogP contribution >= 0.6 is 15.9 Å². The average molecular weight is 267 g/mol. The van der Waals surface area contributed by atoms with Crippen molar-refractivity contribution < 1.29 is 12.4 Å². The number of nitrogens with zero attached hydrogens (tertiary/aromatic N) is 3. The fourth-order valence-corrected chi connectivity index (χ4v) is 1.64. The van der Waals surface area contributed by atoms with Crippen molar-refractivity contribution in [2.45, 2.75) is 6.92 Å². The second-order valence-electron chi connectivity index (χ2n) is 3.60. The fourth-order valence-electron chi connectivity index (χ4n) is 0.914. The maximum Gasteiger partial charge on any atom is 0.244 e. The van der Waals surface area contributed by atoms with Crippen molar-refractivity contribution in [1.82, 2.24) is 14.5 Å². The van der Waals surface area contributed by atoms with Gasteiger partial charge in [-0.25, -0.2) is 4.98 Å². The van der Waals surface area contributed by atoms with Crippen LogP contribution in [0.25, 0.3) is 0 Å². The van der Waals surface area contributed by atoms with Gasteiger partial charge in [0.05, 0.1) is 27.3 Å². The highest BCUT2D eigenvalue weighted by Crippen LogP contribution is 2.24. The second-order valence-corrected chi connectivity index (χ2v) is 4.46. The molecule has 1 aromatic heterocycles. The predicted octanol–water partition coefficient (Wildman–Crippen LogP) is -1.25. The van der Waals surface area contributed by atoms with Crippen molar-refractivity contribution >= 4 is 21.7 Å². The molecule has 0 atom stereocenters. The summed E-state index contributed by atoms with van der Waals surface area (Å²) in [4.78, 5) is 8.44.